The highest BCUT2D eigenvalue weighted by atomic mass is 16.6. The standard InChI is InChI=1S/C17H24N4O4/c1-17(2,3)25-16(24)21-10(8-22)5-6-12(21)11-7-18-14-13(11)19-9-20(4)15(14)23/h7,9-10,12,18,22H,5-6,8H2,1-4H3/t10-,12+/m0/s1. The Morgan fingerprint density at radius 2 is 2.16 bits per heavy atom. The molecule has 0 radical (unpaired) electrons. The highest BCUT2D eigenvalue weighted by Crippen LogP contribution is 2.39. The summed E-state index contributed by atoms with van der Waals surface area (Å²) in [6.45, 7) is 5.29. The molecule has 0 aliphatic carbocycles. The minimum Gasteiger partial charge on any atom is -0.444 e. The number of hydrogen-bond acceptors (Lipinski definition) is 5. The highest BCUT2D eigenvalue weighted by Gasteiger charge is 2.41. The van der Waals surface area contributed by atoms with Crippen LogP contribution in [0.3, 0.4) is 0 Å². The van der Waals surface area contributed by atoms with Gasteiger partial charge in [-0.15, -0.1) is 0 Å². The van der Waals surface area contributed by atoms with Gasteiger partial charge < -0.3 is 19.4 Å². The lowest BCUT2D eigenvalue weighted by molar-refractivity contribution is 0.00880. The van der Waals surface area contributed by atoms with E-state index in [2.05, 4.69) is 9.97 Å². The van der Waals surface area contributed by atoms with Gasteiger partial charge in [0.1, 0.15) is 16.6 Å². The summed E-state index contributed by atoms with van der Waals surface area (Å²) in [6.07, 6.45) is 4.07. The van der Waals surface area contributed by atoms with Crippen molar-refractivity contribution >= 4 is 17.1 Å². The molecule has 3 rings (SSSR count). The third-order valence-corrected chi connectivity index (χ3v) is 4.45. The number of H-pyrrole nitrogens is 1. The Labute approximate surface area is 145 Å². The number of ether oxygens (including phenoxy) is 1. The molecule has 136 valence electrons. The van der Waals surface area contributed by atoms with E-state index < -0.39 is 11.7 Å². The summed E-state index contributed by atoms with van der Waals surface area (Å²) < 4.78 is 6.92. The number of amides is 1. The number of aliphatic hydroxyl groups excluding tert-OH is 1. The van der Waals surface area contributed by atoms with Gasteiger partial charge in [0.15, 0.2) is 0 Å². The summed E-state index contributed by atoms with van der Waals surface area (Å²) in [5, 5.41) is 9.67. The number of nitrogens with zero attached hydrogens (tertiary/aromatic N) is 3. The fourth-order valence-corrected chi connectivity index (χ4v) is 3.32. The van der Waals surface area contributed by atoms with Crippen LogP contribution < -0.4 is 5.56 Å². The Hall–Kier alpha value is -2.35. The number of carbonyl (C=O) groups is 1. The molecule has 0 saturated carbocycles. The van der Waals surface area contributed by atoms with Gasteiger partial charge in [-0.3, -0.25) is 9.69 Å². The minimum absolute atomic E-state index is 0.132. The summed E-state index contributed by atoms with van der Waals surface area (Å²) in [4.78, 5) is 33.8. The highest BCUT2D eigenvalue weighted by molar-refractivity contribution is 5.79. The van der Waals surface area contributed by atoms with E-state index in [0.717, 1.165) is 5.56 Å². The quantitative estimate of drug-likeness (QED) is 0.860. The average molecular weight is 348 g/mol. The van der Waals surface area contributed by atoms with E-state index >= 15 is 0 Å². The Kier molecular flexibility index (Phi) is 4.32. The first-order chi connectivity index (χ1) is 11.7. The zero-order valence-corrected chi connectivity index (χ0v) is 14.9. The van der Waals surface area contributed by atoms with Crippen LogP contribution in [0, 0.1) is 0 Å². The van der Waals surface area contributed by atoms with Crippen LogP contribution in [0.15, 0.2) is 17.3 Å². The van der Waals surface area contributed by atoms with E-state index in [-0.39, 0.29) is 24.2 Å². The number of fused-ring (bicyclic) bond motifs is 1. The minimum atomic E-state index is -0.626. The Balaban J connectivity index is 2.02. The van der Waals surface area contributed by atoms with Gasteiger partial charge in [-0.25, -0.2) is 9.78 Å². The molecule has 3 heterocycles. The molecule has 1 fully saturated rings. The largest absolute Gasteiger partial charge is 0.444 e. The molecule has 2 atom stereocenters. The Morgan fingerprint density at radius 1 is 1.44 bits per heavy atom. The summed E-state index contributed by atoms with van der Waals surface area (Å²) in [5.41, 5.74) is 0.946. The topological polar surface area (TPSA) is 100 Å². The van der Waals surface area contributed by atoms with Crippen molar-refractivity contribution < 1.29 is 14.6 Å². The number of aryl methyl sites for hydroxylation is 1. The summed E-state index contributed by atoms with van der Waals surface area (Å²) in [6, 6.07) is -0.600. The van der Waals surface area contributed by atoms with Gasteiger partial charge in [-0.2, -0.15) is 0 Å². The number of aromatic nitrogens is 3. The molecule has 0 aromatic carbocycles. The van der Waals surface area contributed by atoms with Crippen molar-refractivity contribution in [3.63, 3.8) is 0 Å². The number of rotatable bonds is 2. The molecular weight excluding hydrogens is 324 g/mol. The van der Waals surface area contributed by atoms with Gasteiger partial charge in [0.05, 0.1) is 25.0 Å². The summed E-state index contributed by atoms with van der Waals surface area (Å²) >= 11 is 0. The average Bonchev–Trinajstić information content (AvgIpc) is 3.12. The third kappa shape index (κ3) is 3.13. The van der Waals surface area contributed by atoms with Gasteiger partial charge in [0, 0.05) is 18.8 Å². The molecule has 8 nitrogen and oxygen atoms in total. The lowest BCUT2D eigenvalue weighted by Gasteiger charge is -2.31. The van der Waals surface area contributed by atoms with Crippen LogP contribution >= 0.6 is 0 Å². The molecule has 25 heavy (non-hydrogen) atoms. The number of aliphatic hydroxyl groups is 1. The van der Waals surface area contributed by atoms with Crippen molar-refractivity contribution in [1.82, 2.24) is 19.4 Å². The molecule has 1 saturated heterocycles. The van der Waals surface area contributed by atoms with E-state index in [1.807, 2.05) is 0 Å². The van der Waals surface area contributed by atoms with E-state index in [1.54, 1.807) is 38.9 Å². The van der Waals surface area contributed by atoms with Crippen LogP contribution in [0.4, 0.5) is 4.79 Å². The maximum atomic E-state index is 12.7. The molecule has 2 N–H and O–H groups in total. The summed E-state index contributed by atoms with van der Waals surface area (Å²) in [7, 11) is 1.64. The zero-order valence-electron chi connectivity index (χ0n) is 14.9. The number of likely N-dealkylation sites (tertiary alicyclic amines) is 1. The van der Waals surface area contributed by atoms with Crippen molar-refractivity contribution in [1.29, 1.82) is 0 Å². The first-order valence-corrected chi connectivity index (χ1v) is 8.37. The number of hydrogen-bond donors (Lipinski definition) is 2. The molecule has 1 aliphatic heterocycles. The normalized spacial score (nSPS) is 21.1. The predicted octanol–water partition coefficient (Wildman–Crippen LogP) is 1.69. The van der Waals surface area contributed by atoms with Crippen molar-refractivity contribution in [2.75, 3.05) is 6.61 Å². The molecule has 1 amide bonds. The number of nitrogens with one attached hydrogen (secondary N) is 1. The third-order valence-electron chi connectivity index (χ3n) is 4.45. The van der Waals surface area contributed by atoms with Gasteiger partial charge in [0.25, 0.3) is 5.56 Å². The van der Waals surface area contributed by atoms with Gasteiger partial charge >= 0.3 is 6.09 Å². The summed E-state index contributed by atoms with van der Waals surface area (Å²) in [5.74, 6) is 0. The van der Waals surface area contributed by atoms with Crippen molar-refractivity contribution in [2.24, 2.45) is 7.05 Å². The molecule has 2 aromatic rings. The smallest absolute Gasteiger partial charge is 0.411 e. The van der Waals surface area contributed by atoms with Crippen LogP contribution in [0.25, 0.3) is 11.0 Å². The molecule has 0 unspecified atom stereocenters. The van der Waals surface area contributed by atoms with E-state index in [0.29, 0.717) is 23.9 Å². The van der Waals surface area contributed by atoms with Crippen LogP contribution in [0.1, 0.15) is 45.2 Å². The zero-order chi connectivity index (χ0) is 18.4. The molecule has 1 aliphatic rings. The van der Waals surface area contributed by atoms with E-state index in [1.165, 1.54) is 10.9 Å². The SMILES string of the molecule is Cn1cnc2c([C@H]3CC[C@@H](CO)N3C(=O)OC(C)(C)C)c[nH]c2c1=O. The molecule has 8 heteroatoms. The maximum absolute atomic E-state index is 12.7. The van der Waals surface area contributed by atoms with E-state index in [9.17, 15) is 14.7 Å². The first-order valence-electron chi connectivity index (χ1n) is 8.37. The van der Waals surface area contributed by atoms with Gasteiger partial charge in [-0.1, -0.05) is 0 Å². The van der Waals surface area contributed by atoms with Crippen LogP contribution in [0.5, 0.6) is 0 Å². The molecule has 2 aromatic heterocycles. The monoisotopic (exact) mass is 348 g/mol. The Bertz CT molecular complexity index is 848. The van der Waals surface area contributed by atoms with E-state index in [4.69, 9.17) is 4.74 Å². The second-order valence-corrected chi connectivity index (χ2v) is 7.45. The second kappa shape index (κ2) is 6.18. The first kappa shape index (κ1) is 17.5. The lowest BCUT2D eigenvalue weighted by atomic mass is 10.1. The maximum Gasteiger partial charge on any atom is 0.411 e. The van der Waals surface area contributed by atoms with Crippen molar-refractivity contribution in [3.8, 4) is 0 Å². The van der Waals surface area contributed by atoms with Crippen LogP contribution in [0.2, 0.25) is 0 Å². The number of aromatic amines is 1. The number of carbonyl (C=O) groups excluding carboxylic acids is 1. The lowest BCUT2D eigenvalue weighted by Crippen LogP contribution is -2.42. The van der Waals surface area contributed by atoms with Crippen LogP contribution in [-0.2, 0) is 11.8 Å². The van der Waals surface area contributed by atoms with Crippen molar-refractivity contribution in [2.45, 2.75) is 51.3 Å². The molecule has 0 spiro atoms. The van der Waals surface area contributed by atoms with Crippen LogP contribution in [-0.4, -0.2) is 48.9 Å². The molecular formula is C17H24N4O4. The second-order valence-electron chi connectivity index (χ2n) is 7.45. The fourth-order valence-electron chi connectivity index (χ4n) is 3.32. The fraction of sp³-hybridized carbons (Fsp3) is 0.588. The predicted molar refractivity (Wildman–Crippen MR) is 92.3 cm³/mol. The van der Waals surface area contributed by atoms with Gasteiger partial charge in [0.2, 0.25) is 0 Å². The van der Waals surface area contributed by atoms with Gasteiger partial charge in [-0.05, 0) is 33.6 Å². The van der Waals surface area contributed by atoms with Crippen molar-refractivity contribution in [3.05, 3.63) is 28.4 Å². The Morgan fingerprint density at radius 3 is 2.80 bits per heavy atom. The molecule has 0 bridgehead atoms.